The van der Waals surface area contributed by atoms with Gasteiger partial charge in [-0.2, -0.15) is 0 Å². The highest BCUT2D eigenvalue weighted by molar-refractivity contribution is 6.92. The third-order valence-corrected chi connectivity index (χ3v) is 12.3. The molecule has 1 aliphatic rings. The summed E-state index contributed by atoms with van der Waals surface area (Å²) in [6.45, 7) is 10.1. The molecule has 0 saturated carbocycles. The predicted molar refractivity (Wildman–Crippen MR) is 120 cm³/mol. The van der Waals surface area contributed by atoms with Crippen LogP contribution in [0.15, 0.2) is 72.8 Å². The van der Waals surface area contributed by atoms with Crippen LogP contribution in [0, 0.1) is 0 Å². The molecular weight excluding hydrogens is 344 g/mol. The van der Waals surface area contributed by atoms with Gasteiger partial charge in [-0.25, -0.2) is 0 Å². The van der Waals surface area contributed by atoms with Crippen molar-refractivity contribution < 1.29 is 0 Å². The summed E-state index contributed by atoms with van der Waals surface area (Å²) < 4.78 is 0. The summed E-state index contributed by atoms with van der Waals surface area (Å²) in [6, 6.07) is 30.1. The Balaban J connectivity index is 2.06. The summed E-state index contributed by atoms with van der Waals surface area (Å²) in [5.41, 5.74) is 6.14. The first-order chi connectivity index (χ1) is 12.4. The lowest BCUT2D eigenvalue weighted by Crippen LogP contribution is -2.50. The fourth-order valence-electron chi connectivity index (χ4n) is 4.66. The Morgan fingerprint density at radius 1 is 0.500 bits per heavy atom. The Hall–Kier alpha value is -1.91. The van der Waals surface area contributed by atoms with Gasteiger partial charge >= 0.3 is 0 Å². The second-order valence-electron chi connectivity index (χ2n) is 8.98. The third-order valence-electron chi connectivity index (χ3n) is 5.99. The van der Waals surface area contributed by atoms with Crippen LogP contribution < -0.4 is 10.4 Å². The summed E-state index contributed by atoms with van der Waals surface area (Å²) >= 11 is 0. The summed E-state index contributed by atoms with van der Waals surface area (Å²) in [5, 5.41) is 3.21. The van der Waals surface area contributed by atoms with Gasteiger partial charge < -0.3 is 0 Å². The minimum Gasteiger partial charge on any atom is -0.0652 e. The molecule has 2 heteroatoms. The van der Waals surface area contributed by atoms with Gasteiger partial charge in [0, 0.05) is 0 Å². The molecule has 132 valence electrons. The molecule has 3 aromatic carbocycles. The largest absolute Gasteiger partial charge is 0.0857 e. The number of hydrogen-bond donors (Lipinski definition) is 0. The molecule has 1 aliphatic heterocycles. The van der Waals surface area contributed by atoms with Crippen LogP contribution >= 0.6 is 0 Å². The molecule has 0 bridgehead atoms. The molecule has 0 nitrogen and oxygen atoms in total. The lowest BCUT2D eigenvalue weighted by Gasteiger charge is -2.33. The molecule has 0 saturated heterocycles. The molecule has 0 aromatic heterocycles. The van der Waals surface area contributed by atoms with Gasteiger partial charge in [-0.3, -0.25) is 0 Å². The van der Waals surface area contributed by atoms with Gasteiger partial charge in [0.2, 0.25) is 0 Å². The molecule has 0 aliphatic carbocycles. The summed E-state index contributed by atoms with van der Waals surface area (Å²) in [7, 11) is -3.20. The Labute approximate surface area is 159 Å². The molecule has 0 radical (unpaired) electrons. The first-order valence-corrected chi connectivity index (χ1v) is 16.1. The Kier molecular flexibility index (Phi) is 4.28. The van der Waals surface area contributed by atoms with Gasteiger partial charge in [0.15, 0.2) is 0 Å². The number of benzene rings is 3. The lowest BCUT2D eigenvalue weighted by atomic mass is 10.1. The molecule has 3 aromatic rings. The van der Waals surface area contributed by atoms with Crippen LogP contribution in [0.3, 0.4) is 0 Å². The van der Waals surface area contributed by atoms with Crippen molar-refractivity contribution >= 4 is 26.5 Å². The number of rotatable bonds is 0. The molecule has 0 amide bonds. The smallest absolute Gasteiger partial charge is 0.0652 e. The molecule has 0 unspecified atom stereocenters. The maximum Gasteiger partial charge on any atom is 0.0857 e. The van der Waals surface area contributed by atoms with E-state index < -0.39 is 16.1 Å². The highest BCUT2D eigenvalue weighted by atomic mass is 28.3. The molecule has 0 atom stereocenters. The van der Waals surface area contributed by atoms with Gasteiger partial charge in [0.1, 0.15) is 0 Å². The van der Waals surface area contributed by atoms with Crippen LogP contribution in [0.4, 0.5) is 0 Å². The fraction of sp³-hybridized carbons (Fsp3) is 0.250. The zero-order valence-corrected chi connectivity index (χ0v) is 18.3. The quantitative estimate of drug-likeness (QED) is 0.484. The number of fused-ring (bicyclic) bond motifs is 4. The zero-order valence-electron chi connectivity index (χ0n) is 16.3. The van der Waals surface area contributed by atoms with Crippen molar-refractivity contribution in [2.24, 2.45) is 0 Å². The molecule has 4 rings (SSSR count). The van der Waals surface area contributed by atoms with E-state index in [1.165, 1.54) is 23.2 Å². The Morgan fingerprint density at radius 2 is 0.846 bits per heavy atom. The van der Waals surface area contributed by atoms with Crippen molar-refractivity contribution in [3.63, 3.8) is 0 Å². The normalized spacial score (nSPS) is 17.5. The highest BCUT2D eigenvalue weighted by Crippen LogP contribution is 2.28. The van der Waals surface area contributed by atoms with Gasteiger partial charge in [-0.05, 0) is 34.3 Å². The summed E-state index contributed by atoms with van der Waals surface area (Å²) in [4.78, 5) is 0. The minimum absolute atomic E-state index is 1.23. The lowest BCUT2D eigenvalue weighted by molar-refractivity contribution is 1.20. The van der Waals surface area contributed by atoms with E-state index in [2.05, 4.69) is 99.0 Å². The van der Waals surface area contributed by atoms with Crippen molar-refractivity contribution in [3.8, 4) is 11.1 Å². The monoisotopic (exact) mass is 372 g/mol. The van der Waals surface area contributed by atoms with Crippen LogP contribution in [0.1, 0.15) is 11.1 Å². The van der Waals surface area contributed by atoms with Crippen LogP contribution in [0.25, 0.3) is 11.1 Å². The molecule has 0 fully saturated rings. The van der Waals surface area contributed by atoms with Crippen LogP contribution in [0.2, 0.25) is 26.2 Å². The Morgan fingerprint density at radius 3 is 1.27 bits per heavy atom. The summed E-state index contributed by atoms with van der Waals surface area (Å²) in [5.74, 6) is 0. The molecule has 0 N–H and O–H groups in total. The van der Waals surface area contributed by atoms with Gasteiger partial charge in [-0.15, -0.1) is 0 Å². The van der Waals surface area contributed by atoms with E-state index in [4.69, 9.17) is 0 Å². The van der Waals surface area contributed by atoms with E-state index >= 15 is 0 Å². The number of hydrogen-bond acceptors (Lipinski definition) is 0. The van der Waals surface area contributed by atoms with E-state index in [0.29, 0.717) is 0 Å². The van der Waals surface area contributed by atoms with Crippen molar-refractivity contribution in [1.29, 1.82) is 0 Å². The SMILES string of the molecule is C[Si]1(C)Cc2ccccc2C[Si](C)(C)c2ccccc2-c2ccccc21. The van der Waals surface area contributed by atoms with E-state index in [0.717, 1.165) is 0 Å². The van der Waals surface area contributed by atoms with Crippen molar-refractivity contribution in [2.45, 2.75) is 38.3 Å². The first kappa shape index (κ1) is 17.5. The van der Waals surface area contributed by atoms with E-state index in [1.54, 1.807) is 21.5 Å². The fourth-order valence-corrected chi connectivity index (χ4v) is 10.6. The average Bonchev–Trinajstić information content (AvgIpc) is 2.62. The second kappa shape index (κ2) is 6.36. The van der Waals surface area contributed by atoms with Crippen LogP contribution in [-0.2, 0) is 12.1 Å². The van der Waals surface area contributed by atoms with Gasteiger partial charge in [0.05, 0.1) is 16.1 Å². The molecular formula is C24H28Si2. The maximum atomic E-state index is 2.54. The van der Waals surface area contributed by atoms with Crippen LogP contribution in [-0.4, -0.2) is 16.1 Å². The molecule has 0 spiro atoms. The third kappa shape index (κ3) is 3.02. The predicted octanol–water partition coefficient (Wildman–Crippen LogP) is 5.06. The van der Waals surface area contributed by atoms with E-state index in [1.807, 2.05) is 0 Å². The topological polar surface area (TPSA) is 0 Å². The Bertz CT molecular complexity index is 875. The van der Waals surface area contributed by atoms with Crippen molar-refractivity contribution in [3.05, 3.63) is 83.9 Å². The first-order valence-electron chi connectivity index (χ1n) is 9.65. The molecule has 26 heavy (non-hydrogen) atoms. The van der Waals surface area contributed by atoms with E-state index in [9.17, 15) is 0 Å². The minimum atomic E-state index is -1.60. The maximum absolute atomic E-state index is 2.54. The van der Waals surface area contributed by atoms with Crippen LogP contribution in [0.5, 0.6) is 0 Å². The van der Waals surface area contributed by atoms with E-state index in [-0.39, 0.29) is 0 Å². The highest BCUT2D eigenvalue weighted by Gasteiger charge is 2.33. The standard InChI is InChI=1S/C24H28Si2/c1-25(2)17-19-11-5-6-12-20(19)18-26(3,4)24-16-10-8-14-22(24)21-13-7-9-15-23(21)25/h5-16H,17-18H2,1-4H3. The molecule has 1 heterocycles. The second-order valence-corrected chi connectivity index (χ2v) is 18.3. The zero-order chi connectivity index (χ0) is 18.4. The van der Waals surface area contributed by atoms with Crippen molar-refractivity contribution in [1.82, 2.24) is 0 Å². The van der Waals surface area contributed by atoms with Crippen molar-refractivity contribution in [2.75, 3.05) is 0 Å². The van der Waals surface area contributed by atoms with Gasteiger partial charge in [-0.1, -0.05) is 109 Å². The van der Waals surface area contributed by atoms with Gasteiger partial charge in [0.25, 0.3) is 0 Å². The average molecular weight is 373 g/mol. The summed E-state index contributed by atoms with van der Waals surface area (Å²) in [6.07, 6.45) is 0.